The first kappa shape index (κ1) is 21.8. The molecule has 1 atom stereocenters. The van der Waals surface area contributed by atoms with Crippen molar-refractivity contribution in [2.24, 2.45) is 11.7 Å². The maximum atomic E-state index is 11.8. The molecule has 1 fully saturated rings. The molecule has 0 spiro atoms. The Hall–Kier alpha value is -2.85. The average molecular weight is 434 g/mol. The summed E-state index contributed by atoms with van der Waals surface area (Å²) in [5, 5.41) is 6.44. The maximum Gasteiger partial charge on any atom is 0.252 e. The second kappa shape index (κ2) is 9.31. The number of ether oxygens (including phenoxy) is 1. The van der Waals surface area contributed by atoms with Gasteiger partial charge in [0, 0.05) is 37.6 Å². The fourth-order valence-corrected chi connectivity index (χ4v) is 4.38. The number of nitrogens with one attached hydrogen (secondary N) is 2. The SMILES string of the molecule is COc1ccc(Nc2cc(NC[C@H]3CCCN(S(C)(=O)=O)C3)c(C(N)=O)cn2)cc1. The number of nitrogens with two attached hydrogens (primary N) is 1. The molecule has 0 unspecified atom stereocenters. The summed E-state index contributed by atoms with van der Waals surface area (Å²) in [6, 6.07) is 9.10. The summed E-state index contributed by atoms with van der Waals surface area (Å²) in [4.78, 5) is 16.1. The Bertz CT molecular complexity index is 995. The third-order valence-corrected chi connectivity index (χ3v) is 6.33. The van der Waals surface area contributed by atoms with E-state index < -0.39 is 15.9 Å². The standard InChI is InChI=1S/C20H27N5O4S/c1-29-16-7-5-15(6-8-16)24-19-10-18(17(12-23-19)20(21)26)22-11-14-4-3-9-25(13-14)30(2,27)28/h5-8,10,12,14H,3-4,9,11,13H2,1-2H3,(H2,21,26)(H2,22,23,24)/t14-/m1/s1. The van der Waals surface area contributed by atoms with Crippen LogP contribution in [0.4, 0.5) is 17.2 Å². The molecule has 30 heavy (non-hydrogen) atoms. The number of pyridine rings is 1. The quantitative estimate of drug-likeness (QED) is 0.581. The van der Waals surface area contributed by atoms with E-state index in [1.165, 1.54) is 16.8 Å². The van der Waals surface area contributed by atoms with Gasteiger partial charge in [-0.3, -0.25) is 4.79 Å². The van der Waals surface area contributed by atoms with Crippen molar-refractivity contribution in [1.82, 2.24) is 9.29 Å². The van der Waals surface area contributed by atoms with Crippen molar-refractivity contribution in [3.8, 4) is 5.75 Å². The molecule has 0 saturated carbocycles. The lowest BCUT2D eigenvalue weighted by Gasteiger charge is -2.31. The fourth-order valence-electron chi connectivity index (χ4n) is 3.44. The summed E-state index contributed by atoms with van der Waals surface area (Å²) in [5.41, 5.74) is 7.16. The van der Waals surface area contributed by atoms with E-state index in [9.17, 15) is 13.2 Å². The minimum Gasteiger partial charge on any atom is -0.497 e. The molecule has 1 aromatic heterocycles. The van der Waals surface area contributed by atoms with Gasteiger partial charge in [0.15, 0.2) is 0 Å². The zero-order valence-electron chi connectivity index (χ0n) is 17.1. The number of piperidine rings is 1. The van der Waals surface area contributed by atoms with Crippen LogP contribution in [0.15, 0.2) is 36.5 Å². The number of carbonyl (C=O) groups is 1. The van der Waals surface area contributed by atoms with E-state index in [0.717, 1.165) is 24.3 Å². The van der Waals surface area contributed by atoms with Crippen LogP contribution in [0.5, 0.6) is 5.75 Å². The summed E-state index contributed by atoms with van der Waals surface area (Å²) < 4.78 is 30.3. The van der Waals surface area contributed by atoms with Crippen LogP contribution in [0.3, 0.4) is 0 Å². The zero-order chi connectivity index (χ0) is 21.7. The molecule has 162 valence electrons. The number of carbonyl (C=O) groups excluding carboxylic acids is 1. The molecule has 1 amide bonds. The molecule has 1 saturated heterocycles. The van der Waals surface area contributed by atoms with Gasteiger partial charge in [-0.25, -0.2) is 17.7 Å². The minimum absolute atomic E-state index is 0.139. The number of hydrogen-bond donors (Lipinski definition) is 3. The highest BCUT2D eigenvalue weighted by molar-refractivity contribution is 7.88. The van der Waals surface area contributed by atoms with Gasteiger partial charge < -0.3 is 21.1 Å². The summed E-state index contributed by atoms with van der Waals surface area (Å²) in [6.45, 7) is 1.53. The van der Waals surface area contributed by atoms with Gasteiger partial charge >= 0.3 is 0 Å². The predicted molar refractivity (Wildman–Crippen MR) is 117 cm³/mol. The molecule has 1 aromatic carbocycles. The molecule has 4 N–H and O–H groups in total. The largest absolute Gasteiger partial charge is 0.497 e. The molecule has 2 heterocycles. The lowest BCUT2D eigenvalue weighted by atomic mass is 9.99. The van der Waals surface area contributed by atoms with E-state index in [1.807, 2.05) is 24.3 Å². The van der Waals surface area contributed by atoms with Crippen LogP contribution < -0.4 is 21.1 Å². The third-order valence-electron chi connectivity index (χ3n) is 5.06. The van der Waals surface area contributed by atoms with Gasteiger partial charge in [-0.1, -0.05) is 0 Å². The third kappa shape index (κ3) is 5.61. The molecule has 2 aromatic rings. The predicted octanol–water partition coefficient (Wildman–Crippen LogP) is 2.02. The highest BCUT2D eigenvalue weighted by Gasteiger charge is 2.26. The van der Waals surface area contributed by atoms with Gasteiger partial charge in [0.05, 0.1) is 24.6 Å². The number of nitrogens with zero attached hydrogens (tertiary/aromatic N) is 2. The van der Waals surface area contributed by atoms with E-state index in [2.05, 4.69) is 15.6 Å². The number of methoxy groups -OCH3 is 1. The molecule has 0 bridgehead atoms. The number of aromatic nitrogens is 1. The Kier molecular flexibility index (Phi) is 6.78. The summed E-state index contributed by atoms with van der Waals surface area (Å²) >= 11 is 0. The first-order valence-corrected chi connectivity index (χ1v) is 11.5. The molecule has 1 aliphatic rings. The molecule has 3 rings (SSSR count). The van der Waals surface area contributed by atoms with Crippen molar-refractivity contribution in [1.29, 1.82) is 0 Å². The van der Waals surface area contributed by atoms with Crippen LogP contribution in [0, 0.1) is 5.92 Å². The van der Waals surface area contributed by atoms with Gasteiger partial charge in [0.25, 0.3) is 5.91 Å². The van der Waals surface area contributed by atoms with Crippen molar-refractivity contribution in [3.05, 3.63) is 42.1 Å². The Morgan fingerprint density at radius 1 is 1.33 bits per heavy atom. The smallest absolute Gasteiger partial charge is 0.252 e. The number of sulfonamides is 1. The first-order valence-electron chi connectivity index (χ1n) is 9.66. The molecule has 10 heteroatoms. The topological polar surface area (TPSA) is 127 Å². The molecular formula is C20H27N5O4S. The van der Waals surface area contributed by atoms with Gasteiger partial charge in [-0.05, 0) is 43.0 Å². The van der Waals surface area contributed by atoms with E-state index >= 15 is 0 Å². The van der Waals surface area contributed by atoms with E-state index in [1.54, 1.807) is 13.2 Å². The number of hydrogen-bond acceptors (Lipinski definition) is 7. The zero-order valence-corrected chi connectivity index (χ0v) is 17.9. The molecule has 1 aliphatic heterocycles. The number of benzene rings is 1. The first-order chi connectivity index (χ1) is 14.3. The average Bonchev–Trinajstić information content (AvgIpc) is 2.72. The van der Waals surface area contributed by atoms with Crippen LogP contribution in [-0.2, 0) is 10.0 Å². The van der Waals surface area contributed by atoms with E-state index in [4.69, 9.17) is 10.5 Å². The Morgan fingerprint density at radius 3 is 2.70 bits per heavy atom. The van der Waals surface area contributed by atoms with Crippen molar-refractivity contribution in [2.45, 2.75) is 12.8 Å². The van der Waals surface area contributed by atoms with E-state index in [0.29, 0.717) is 31.1 Å². The summed E-state index contributed by atoms with van der Waals surface area (Å²) in [7, 11) is -1.60. The van der Waals surface area contributed by atoms with E-state index in [-0.39, 0.29) is 11.5 Å². The fraction of sp³-hybridized carbons (Fsp3) is 0.400. The van der Waals surface area contributed by atoms with Crippen molar-refractivity contribution < 1.29 is 17.9 Å². The minimum atomic E-state index is -3.21. The van der Waals surface area contributed by atoms with Crippen molar-refractivity contribution in [3.63, 3.8) is 0 Å². The number of anilines is 3. The highest BCUT2D eigenvalue weighted by atomic mass is 32.2. The molecule has 9 nitrogen and oxygen atoms in total. The van der Waals surface area contributed by atoms with Gasteiger partial charge in [0.2, 0.25) is 10.0 Å². The van der Waals surface area contributed by atoms with Crippen LogP contribution in [-0.4, -0.2) is 56.6 Å². The molecule has 0 radical (unpaired) electrons. The van der Waals surface area contributed by atoms with Crippen LogP contribution in [0.2, 0.25) is 0 Å². The lowest BCUT2D eigenvalue weighted by Crippen LogP contribution is -2.41. The normalized spacial score (nSPS) is 17.3. The monoisotopic (exact) mass is 433 g/mol. The Morgan fingerprint density at radius 2 is 2.07 bits per heavy atom. The van der Waals surface area contributed by atoms with Crippen molar-refractivity contribution in [2.75, 3.05) is 43.6 Å². The highest BCUT2D eigenvalue weighted by Crippen LogP contribution is 2.25. The summed E-state index contributed by atoms with van der Waals surface area (Å²) in [5.74, 6) is 0.854. The van der Waals surface area contributed by atoms with Gasteiger partial charge in [-0.2, -0.15) is 0 Å². The van der Waals surface area contributed by atoms with Crippen LogP contribution in [0.25, 0.3) is 0 Å². The van der Waals surface area contributed by atoms with Gasteiger partial charge in [-0.15, -0.1) is 0 Å². The number of amides is 1. The van der Waals surface area contributed by atoms with Crippen molar-refractivity contribution >= 4 is 33.1 Å². The Balaban J connectivity index is 1.72. The van der Waals surface area contributed by atoms with Gasteiger partial charge in [0.1, 0.15) is 11.6 Å². The lowest BCUT2D eigenvalue weighted by molar-refractivity contribution is 0.100. The Labute approximate surface area is 176 Å². The maximum absolute atomic E-state index is 11.8. The number of rotatable bonds is 8. The second-order valence-electron chi connectivity index (χ2n) is 7.34. The second-order valence-corrected chi connectivity index (χ2v) is 9.33. The molecule has 0 aliphatic carbocycles. The van der Waals surface area contributed by atoms with Crippen LogP contribution in [0.1, 0.15) is 23.2 Å². The molecular weight excluding hydrogens is 406 g/mol. The van der Waals surface area contributed by atoms with Crippen LogP contribution >= 0.6 is 0 Å². The number of primary amides is 1. The summed E-state index contributed by atoms with van der Waals surface area (Å²) in [6.07, 6.45) is 4.38.